The van der Waals surface area contributed by atoms with Gasteiger partial charge >= 0.3 is 6.18 Å². The second-order valence-corrected chi connectivity index (χ2v) is 6.17. The van der Waals surface area contributed by atoms with Crippen LogP contribution < -0.4 is 5.32 Å². The summed E-state index contributed by atoms with van der Waals surface area (Å²) < 4.78 is 38.1. The fraction of sp³-hybridized carbons (Fsp3) is 0.588. The molecular formula is C17H24F3NO2. The maximum absolute atomic E-state index is 12.7. The number of carbonyl (C=O) groups is 1. The van der Waals surface area contributed by atoms with Gasteiger partial charge in [-0.2, -0.15) is 13.2 Å². The van der Waals surface area contributed by atoms with Gasteiger partial charge in [-0.15, -0.1) is 0 Å². The molecule has 1 rings (SSSR count). The molecule has 2 N–H and O–H groups in total. The number of aliphatic hydroxyl groups is 1. The zero-order valence-electron chi connectivity index (χ0n) is 13.7. The third-order valence-corrected chi connectivity index (χ3v) is 3.82. The number of nitrogens with one attached hydrogen (secondary N) is 1. The third-order valence-electron chi connectivity index (χ3n) is 3.82. The number of hydrogen-bond acceptors (Lipinski definition) is 2. The second kappa shape index (κ2) is 8.34. The van der Waals surface area contributed by atoms with Gasteiger partial charge in [-0.3, -0.25) is 4.79 Å². The van der Waals surface area contributed by atoms with Crippen LogP contribution in [-0.4, -0.2) is 23.7 Å². The number of benzene rings is 1. The minimum Gasteiger partial charge on any atom is -0.396 e. The fourth-order valence-corrected chi connectivity index (χ4v) is 2.36. The van der Waals surface area contributed by atoms with Crippen LogP contribution in [0.3, 0.4) is 0 Å². The summed E-state index contributed by atoms with van der Waals surface area (Å²) in [6.07, 6.45) is -3.69. The van der Waals surface area contributed by atoms with Crippen molar-refractivity contribution in [2.75, 3.05) is 6.61 Å². The molecule has 0 heterocycles. The first-order chi connectivity index (χ1) is 10.6. The maximum Gasteiger partial charge on any atom is 0.416 e. The van der Waals surface area contributed by atoms with E-state index >= 15 is 0 Å². The molecule has 0 aliphatic rings. The van der Waals surface area contributed by atoms with Crippen molar-refractivity contribution in [2.45, 2.75) is 45.8 Å². The van der Waals surface area contributed by atoms with Gasteiger partial charge in [-0.05, 0) is 30.4 Å². The van der Waals surface area contributed by atoms with Crippen LogP contribution >= 0.6 is 0 Å². The van der Waals surface area contributed by atoms with Gasteiger partial charge in [0.2, 0.25) is 5.91 Å². The Labute approximate surface area is 134 Å². The summed E-state index contributed by atoms with van der Waals surface area (Å²) in [5.74, 6) is -0.486. The zero-order valence-corrected chi connectivity index (χ0v) is 13.7. The first kappa shape index (κ1) is 19.5. The summed E-state index contributed by atoms with van der Waals surface area (Å²) in [5, 5.41) is 11.9. The Balaban J connectivity index is 2.71. The van der Waals surface area contributed by atoms with Gasteiger partial charge in [-0.1, -0.05) is 39.0 Å². The lowest BCUT2D eigenvalue weighted by atomic mass is 9.96. The monoisotopic (exact) mass is 331 g/mol. The summed E-state index contributed by atoms with van der Waals surface area (Å²) in [6, 6.07) is 4.90. The van der Waals surface area contributed by atoms with Gasteiger partial charge in [0.05, 0.1) is 5.56 Å². The number of rotatable bonds is 7. The number of alkyl halides is 3. The fourth-order valence-electron chi connectivity index (χ4n) is 2.36. The average molecular weight is 331 g/mol. The van der Waals surface area contributed by atoms with Crippen molar-refractivity contribution in [1.29, 1.82) is 0 Å². The van der Waals surface area contributed by atoms with E-state index in [9.17, 15) is 18.0 Å². The lowest BCUT2D eigenvalue weighted by molar-refractivity contribution is -0.137. The Morgan fingerprint density at radius 2 is 1.91 bits per heavy atom. The number of amides is 1. The summed E-state index contributed by atoms with van der Waals surface area (Å²) in [4.78, 5) is 12.2. The van der Waals surface area contributed by atoms with E-state index < -0.39 is 17.7 Å². The van der Waals surface area contributed by atoms with E-state index in [1.165, 1.54) is 6.07 Å². The summed E-state index contributed by atoms with van der Waals surface area (Å²) in [7, 11) is 0. The van der Waals surface area contributed by atoms with Crippen molar-refractivity contribution in [3.8, 4) is 0 Å². The predicted octanol–water partition coefficient (Wildman–Crippen LogP) is 3.41. The standard InChI is InChI=1S/C17H24F3NO2/c1-11(2)15(7-8-22)21-16(23)12(3)9-13-5-4-6-14(10-13)17(18,19)20/h4-6,10-12,15,22H,7-9H2,1-3H3,(H,21,23). The second-order valence-electron chi connectivity index (χ2n) is 6.17. The molecule has 23 heavy (non-hydrogen) atoms. The Morgan fingerprint density at radius 1 is 1.26 bits per heavy atom. The highest BCUT2D eigenvalue weighted by molar-refractivity contribution is 5.78. The Bertz CT molecular complexity index is 515. The molecule has 1 aromatic carbocycles. The van der Waals surface area contributed by atoms with Gasteiger partial charge < -0.3 is 10.4 Å². The lowest BCUT2D eigenvalue weighted by Gasteiger charge is -2.23. The van der Waals surface area contributed by atoms with Crippen LogP contribution in [0.2, 0.25) is 0 Å². The van der Waals surface area contributed by atoms with Crippen molar-refractivity contribution in [3.05, 3.63) is 35.4 Å². The van der Waals surface area contributed by atoms with E-state index in [1.807, 2.05) is 13.8 Å². The van der Waals surface area contributed by atoms with Gasteiger partial charge in [0.25, 0.3) is 0 Å². The molecule has 0 bridgehead atoms. The molecule has 2 atom stereocenters. The van der Waals surface area contributed by atoms with Crippen LogP contribution in [0.1, 0.15) is 38.3 Å². The van der Waals surface area contributed by atoms with Crippen molar-refractivity contribution in [2.24, 2.45) is 11.8 Å². The SMILES string of the molecule is CC(Cc1cccc(C(F)(F)F)c1)C(=O)NC(CCO)C(C)C. The number of aliphatic hydroxyl groups excluding tert-OH is 1. The van der Waals surface area contributed by atoms with Gasteiger partial charge in [0.15, 0.2) is 0 Å². The Morgan fingerprint density at radius 3 is 2.43 bits per heavy atom. The number of carbonyl (C=O) groups excluding carboxylic acids is 1. The molecular weight excluding hydrogens is 307 g/mol. The van der Waals surface area contributed by atoms with E-state index in [1.54, 1.807) is 13.0 Å². The lowest BCUT2D eigenvalue weighted by Crippen LogP contribution is -2.42. The molecule has 0 aliphatic carbocycles. The van der Waals surface area contributed by atoms with Crippen LogP contribution in [0.25, 0.3) is 0 Å². The highest BCUT2D eigenvalue weighted by atomic mass is 19.4. The first-order valence-electron chi connectivity index (χ1n) is 7.72. The van der Waals surface area contributed by atoms with Crippen molar-refractivity contribution < 1.29 is 23.1 Å². The topological polar surface area (TPSA) is 49.3 Å². The predicted molar refractivity (Wildman–Crippen MR) is 82.8 cm³/mol. The molecule has 0 radical (unpaired) electrons. The van der Waals surface area contributed by atoms with Gasteiger partial charge in [0, 0.05) is 18.6 Å². The molecule has 2 unspecified atom stereocenters. The van der Waals surface area contributed by atoms with Crippen LogP contribution in [0.4, 0.5) is 13.2 Å². The molecule has 6 heteroatoms. The maximum atomic E-state index is 12.7. The van der Waals surface area contributed by atoms with E-state index in [4.69, 9.17) is 5.11 Å². The van der Waals surface area contributed by atoms with E-state index in [0.717, 1.165) is 12.1 Å². The molecule has 3 nitrogen and oxygen atoms in total. The summed E-state index contributed by atoms with van der Waals surface area (Å²) in [5.41, 5.74) is -0.228. The molecule has 1 amide bonds. The molecule has 0 aromatic heterocycles. The van der Waals surface area contributed by atoms with E-state index in [-0.39, 0.29) is 30.9 Å². The minimum absolute atomic E-state index is 0.0227. The summed E-state index contributed by atoms with van der Waals surface area (Å²) >= 11 is 0. The quantitative estimate of drug-likeness (QED) is 0.804. The van der Waals surface area contributed by atoms with Crippen molar-refractivity contribution in [3.63, 3.8) is 0 Å². The van der Waals surface area contributed by atoms with Crippen molar-refractivity contribution in [1.82, 2.24) is 5.32 Å². The first-order valence-corrected chi connectivity index (χ1v) is 7.72. The summed E-state index contributed by atoms with van der Waals surface area (Å²) in [6.45, 7) is 5.55. The zero-order chi connectivity index (χ0) is 17.6. The van der Waals surface area contributed by atoms with Crippen LogP contribution in [0, 0.1) is 11.8 Å². The van der Waals surface area contributed by atoms with Gasteiger partial charge in [-0.25, -0.2) is 0 Å². The molecule has 1 aromatic rings. The molecule has 130 valence electrons. The molecule has 0 fully saturated rings. The molecule has 0 saturated heterocycles. The highest BCUT2D eigenvalue weighted by Gasteiger charge is 2.30. The Kier molecular flexibility index (Phi) is 7.06. The highest BCUT2D eigenvalue weighted by Crippen LogP contribution is 2.30. The van der Waals surface area contributed by atoms with Crippen LogP contribution in [0.15, 0.2) is 24.3 Å². The van der Waals surface area contributed by atoms with Crippen LogP contribution in [-0.2, 0) is 17.4 Å². The molecule has 0 saturated carbocycles. The third kappa shape index (κ3) is 6.22. The average Bonchev–Trinajstić information content (AvgIpc) is 2.45. The van der Waals surface area contributed by atoms with E-state index in [0.29, 0.717) is 12.0 Å². The normalized spacial score (nSPS) is 14.6. The molecule has 0 aliphatic heterocycles. The molecule has 0 spiro atoms. The van der Waals surface area contributed by atoms with Crippen LogP contribution in [0.5, 0.6) is 0 Å². The largest absolute Gasteiger partial charge is 0.416 e. The van der Waals surface area contributed by atoms with E-state index in [2.05, 4.69) is 5.32 Å². The van der Waals surface area contributed by atoms with Crippen molar-refractivity contribution >= 4 is 5.91 Å². The van der Waals surface area contributed by atoms with Gasteiger partial charge in [0.1, 0.15) is 0 Å². The smallest absolute Gasteiger partial charge is 0.396 e. The minimum atomic E-state index is -4.38. The number of hydrogen-bond donors (Lipinski definition) is 2. The Hall–Kier alpha value is -1.56. The number of halogens is 3.